The monoisotopic (exact) mass is 579 g/mol. The van der Waals surface area contributed by atoms with Crippen LogP contribution < -0.4 is 10.1 Å². The first-order valence-electron chi connectivity index (χ1n) is 11.8. The van der Waals surface area contributed by atoms with E-state index in [1.54, 1.807) is 40.4 Å². The minimum atomic E-state index is -4.62. The third-order valence-corrected chi connectivity index (χ3v) is 6.89. The van der Waals surface area contributed by atoms with Crippen LogP contribution in [0, 0.1) is 5.92 Å². The minimum Gasteiger partial charge on any atom is -0.467 e. The Morgan fingerprint density at radius 3 is 2.66 bits per heavy atom. The lowest BCUT2D eigenvalue weighted by atomic mass is 10.1. The number of amides is 1. The van der Waals surface area contributed by atoms with Crippen LogP contribution in [-0.4, -0.2) is 41.6 Å². The number of aromatic nitrogens is 4. The number of nitrogens with zero attached hydrogens (tertiary/aromatic N) is 4. The number of phosphoric ester groups is 1. The van der Waals surface area contributed by atoms with Crippen molar-refractivity contribution in [2.75, 3.05) is 12.1 Å². The van der Waals surface area contributed by atoms with Crippen molar-refractivity contribution in [2.45, 2.75) is 39.7 Å². The van der Waals surface area contributed by atoms with Crippen LogP contribution >= 0.6 is 31.0 Å². The summed E-state index contributed by atoms with van der Waals surface area (Å²) >= 11 is 7.82. The van der Waals surface area contributed by atoms with Crippen molar-refractivity contribution in [2.24, 2.45) is 5.92 Å². The van der Waals surface area contributed by atoms with E-state index in [4.69, 9.17) is 31.1 Å². The van der Waals surface area contributed by atoms with Crippen molar-refractivity contribution in [3.8, 4) is 17.0 Å². The Kier molecular flexibility index (Phi) is 9.14. The van der Waals surface area contributed by atoms with Gasteiger partial charge in [0.2, 0.25) is 0 Å². The highest BCUT2D eigenvalue weighted by atomic mass is 35.5. The number of hydrogen-bond acceptors (Lipinski definition) is 8. The number of nitrogens with one attached hydrogen (secondary N) is 1. The maximum absolute atomic E-state index is 12.7. The van der Waals surface area contributed by atoms with Crippen LogP contribution in [0.1, 0.15) is 43.5 Å². The Hall–Kier alpha value is -2.86. The molecule has 0 bridgehead atoms. The van der Waals surface area contributed by atoms with Crippen molar-refractivity contribution in [1.82, 2.24) is 19.1 Å². The molecule has 0 radical (unpaired) electrons. The molecule has 0 atom stereocenters. The van der Waals surface area contributed by atoms with Crippen molar-refractivity contribution >= 4 is 53.7 Å². The van der Waals surface area contributed by atoms with Gasteiger partial charge in [-0.2, -0.15) is 5.10 Å². The second-order valence-corrected chi connectivity index (χ2v) is 11.2. The number of phosphoric acid groups is 1. The van der Waals surface area contributed by atoms with E-state index < -0.39 is 14.6 Å². The van der Waals surface area contributed by atoms with Crippen LogP contribution in [0.15, 0.2) is 41.9 Å². The van der Waals surface area contributed by atoms with Crippen LogP contribution in [0.2, 0.25) is 5.02 Å². The molecule has 0 saturated carbocycles. The molecule has 3 aromatic heterocycles. The lowest BCUT2D eigenvalue weighted by molar-refractivity contribution is 0.0829. The predicted octanol–water partition coefficient (Wildman–Crippen LogP) is 5.73. The zero-order valence-corrected chi connectivity index (χ0v) is 23.2. The fourth-order valence-electron chi connectivity index (χ4n) is 3.71. The highest BCUT2D eigenvalue weighted by molar-refractivity contribution is 7.46. The topological polar surface area (TPSA) is 149 Å². The van der Waals surface area contributed by atoms with Crippen molar-refractivity contribution in [1.29, 1.82) is 0 Å². The molecule has 0 spiro atoms. The maximum Gasteiger partial charge on any atom is 0.472 e. The van der Waals surface area contributed by atoms with Crippen LogP contribution in [-0.2, 0) is 15.6 Å². The maximum atomic E-state index is 12.7. The van der Waals surface area contributed by atoms with Crippen molar-refractivity contribution < 1.29 is 28.4 Å². The van der Waals surface area contributed by atoms with E-state index in [1.807, 2.05) is 0 Å². The molecule has 1 aromatic carbocycles. The predicted molar refractivity (Wildman–Crippen MR) is 145 cm³/mol. The van der Waals surface area contributed by atoms with Gasteiger partial charge in [0.1, 0.15) is 5.75 Å². The van der Waals surface area contributed by atoms with Crippen molar-refractivity contribution in [3.63, 3.8) is 0 Å². The molecular weight excluding hydrogens is 553 g/mol. The molecule has 0 aliphatic carbocycles. The molecule has 4 rings (SSSR count). The zero-order chi connectivity index (χ0) is 27.3. The van der Waals surface area contributed by atoms with E-state index in [2.05, 4.69) is 33.2 Å². The molecule has 4 aromatic rings. The number of fused-ring (bicyclic) bond motifs is 1. The molecule has 3 heterocycles. The van der Waals surface area contributed by atoms with Crippen LogP contribution in [0.4, 0.5) is 5.82 Å². The second kappa shape index (κ2) is 12.3. The molecule has 0 aliphatic heterocycles. The third-order valence-electron chi connectivity index (χ3n) is 5.58. The smallest absolute Gasteiger partial charge is 0.467 e. The number of unbranched alkanes of at least 4 members (excludes halogenated alkanes) is 1. The lowest BCUT2D eigenvalue weighted by Gasteiger charge is -2.10. The Bertz CT molecular complexity index is 1440. The van der Waals surface area contributed by atoms with Gasteiger partial charge in [0.25, 0.3) is 5.91 Å². The number of ether oxygens (including phenoxy) is 1. The van der Waals surface area contributed by atoms with E-state index >= 15 is 0 Å². The van der Waals surface area contributed by atoms with E-state index in [1.165, 1.54) is 17.7 Å². The summed E-state index contributed by atoms with van der Waals surface area (Å²) in [4.78, 5) is 35.0. The van der Waals surface area contributed by atoms with Gasteiger partial charge in [-0.05, 0) is 54.2 Å². The molecule has 3 N–H and O–H groups in total. The van der Waals surface area contributed by atoms with Crippen LogP contribution in [0.5, 0.6) is 5.75 Å². The SMILES string of the molecule is CC(C)CCCCn1nc(NC(=O)c2cnsc2)c2cc(Cl)c(-c3ccc(OCOP(=O)(O)O)cc3)nc21. The van der Waals surface area contributed by atoms with E-state index in [-0.39, 0.29) is 5.91 Å². The summed E-state index contributed by atoms with van der Waals surface area (Å²) in [5.41, 5.74) is 2.24. The number of pyridine rings is 1. The first-order valence-corrected chi connectivity index (χ1v) is 14.6. The number of rotatable bonds is 12. The van der Waals surface area contributed by atoms with E-state index in [0.717, 1.165) is 19.3 Å². The standard InChI is InChI=1S/C24H27ClN5O6PS/c1-15(2)5-3-4-10-30-23-19(22(29-30)28-24(31)17-12-26-38-13-17)11-20(25)21(27-23)16-6-8-18(9-7-16)35-14-36-37(32,33)34/h6-9,11-13,15H,3-5,10,14H2,1-2H3,(H,28,29,31)(H2,32,33,34). The number of hydrogen-bond donors (Lipinski definition) is 3. The first kappa shape index (κ1) is 28.2. The third kappa shape index (κ3) is 7.37. The number of anilines is 1. The lowest BCUT2D eigenvalue weighted by Crippen LogP contribution is -2.12. The Morgan fingerprint density at radius 2 is 2.00 bits per heavy atom. The summed E-state index contributed by atoms with van der Waals surface area (Å²) in [5.74, 6) is 1.01. The highest BCUT2D eigenvalue weighted by Gasteiger charge is 2.19. The highest BCUT2D eigenvalue weighted by Crippen LogP contribution is 2.36. The minimum absolute atomic E-state index is 0.316. The molecule has 0 saturated heterocycles. The molecule has 0 unspecified atom stereocenters. The average Bonchev–Trinajstić information content (AvgIpc) is 3.50. The van der Waals surface area contributed by atoms with Gasteiger partial charge in [-0.1, -0.05) is 38.3 Å². The number of benzene rings is 1. The average molecular weight is 580 g/mol. The normalized spacial score (nSPS) is 11.8. The first-order chi connectivity index (χ1) is 18.1. The summed E-state index contributed by atoms with van der Waals surface area (Å²) in [6, 6.07) is 8.41. The van der Waals surface area contributed by atoms with Crippen molar-refractivity contribution in [3.05, 3.63) is 52.5 Å². The number of aryl methyl sites for hydroxylation is 1. The van der Waals surface area contributed by atoms with Gasteiger partial charge < -0.3 is 19.8 Å². The fraction of sp³-hybridized carbons (Fsp3) is 0.333. The quantitative estimate of drug-likeness (QED) is 0.109. The fourth-order valence-corrected chi connectivity index (χ4v) is 4.67. The van der Waals surface area contributed by atoms with Gasteiger partial charge in [0, 0.05) is 17.5 Å². The van der Waals surface area contributed by atoms with E-state index in [0.29, 0.717) is 56.9 Å². The summed E-state index contributed by atoms with van der Waals surface area (Å²) in [6.07, 6.45) is 4.54. The Balaban J connectivity index is 1.62. The van der Waals surface area contributed by atoms with Gasteiger partial charge in [-0.3, -0.25) is 4.79 Å². The molecule has 38 heavy (non-hydrogen) atoms. The summed E-state index contributed by atoms with van der Waals surface area (Å²) in [5, 5.41) is 10.1. The molecule has 1 amide bonds. The number of carbonyl (C=O) groups is 1. The van der Waals surface area contributed by atoms with Gasteiger partial charge in [-0.15, -0.1) is 0 Å². The Labute approximate surface area is 228 Å². The summed E-state index contributed by atoms with van der Waals surface area (Å²) < 4.78 is 26.1. The second-order valence-electron chi connectivity index (χ2n) is 8.92. The number of halogens is 1. The molecule has 11 nitrogen and oxygen atoms in total. The molecule has 14 heteroatoms. The van der Waals surface area contributed by atoms with Gasteiger partial charge in [0.15, 0.2) is 18.3 Å². The van der Waals surface area contributed by atoms with Gasteiger partial charge >= 0.3 is 7.82 Å². The summed E-state index contributed by atoms with van der Waals surface area (Å²) in [7, 11) is -4.62. The van der Waals surface area contributed by atoms with Gasteiger partial charge in [0.05, 0.1) is 27.9 Å². The largest absolute Gasteiger partial charge is 0.472 e. The van der Waals surface area contributed by atoms with Gasteiger partial charge in [-0.25, -0.2) is 23.1 Å². The number of carbonyl (C=O) groups excluding carboxylic acids is 1. The molecule has 0 fully saturated rings. The van der Waals surface area contributed by atoms with E-state index in [9.17, 15) is 9.36 Å². The molecular formula is C24H27ClN5O6PS. The summed E-state index contributed by atoms with van der Waals surface area (Å²) in [6.45, 7) is 4.40. The zero-order valence-electron chi connectivity index (χ0n) is 20.7. The Morgan fingerprint density at radius 1 is 1.24 bits per heavy atom. The van der Waals surface area contributed by atoms with Crippen LogP contribution in [0.25, 0.3) is 22.3 Å². The molecule has 0 aliphatic rings. The van der Waals surface area contributed by atoms with Crippen LogP contribution in [0.3, 0.4) is 0 Å². The molecule has 202 valence electrons.